The van der Waals surface area contributed by atoms with Gasteiger partial charge in [-0.1, -0.05) is 12.1 Å². The number of halogens is 1. The Morgan fingerprint density at radius 3 is 2.64 bits per heavy atom. The molecule has 3 aromatic heterocycles. The van der Waals surface area contributed by atoms with Gasteiger partial charge < -0.3 is 4.98 Å². The standard InChI is InChI=1S/C17H11FN4/c18-13-3-1-2-12(8-13)16-14(11-4-6-19-7-5-11)9-15-17(22-16)21-10-20-15/h1-10H,(H,20,21,22). The number of hydrogen-bond donors (Lipinski definition) is 1. The maximum atomic E-state index is 13.6. The Hall–Kier alpha value is -3.08. The van der Waals surface area contributed by atoms with E-state index in [0.29, 0.717) is 11.3 Å². The highest BCUT2D eigenvalue weighted by molar-refractivity contribution is 5.88. The lowest BCUT2D eigenvalue weighted by molar-refractivity contribution is 0.628. The molecule has 3 heterocycles. The molecular weight excluding hydrogens is 279 g/mol. The fourth-order valence-electron chi connectivity index (χ4n) is 2.48. The molecule has 0 aliphatic rings. The Labute approximate surface area is 125 Å². The van der Waals surface area contributed by atoms with Crippen molar-refractivity contribution in [3.05, 3.63) is 67.0 Å². The summed E-state index contributed by atoms with van der Waals surface area (Å²) in [5, 5.41) is 0. The SMILES string of the molecule is Fc1cccc(-c2nc3nc[nH]c3cc2-c2ccncc2)c1. The van der Waals surface area contributed by atoms with E-state index >= 15 is 0 Å². The molecule has 4 nitrogen and oxygen atoms in total. The molecule has 4 rings (SSSR count). The zero-order chi connectivity index (χ0) is 14.9. The highest BCUT2D eigenvalue weighted by atomic mass is 19.1. The summed E-state index contributed by atoms with van der Waals surface area (Å²) in [6.07, 6.45) is 5.05. The summed E-state index contributed by atoms with van der Waals surface area (Å²) >= 11 is 0. The van der Waals surface area contributed by atoms with E-state index in [4.69, 9.17) is 0 Å². The van der Waals surface area contributed by atoms with Crippen molar-refractivity contribution in [3.8, 4) is 22.4 Å². The summed E-state index contributed by atoms with van der Waals surface area (Å²) in [7, 11) is 0. The van der Waals surface area contributed by atoms with Crippen LogP contribution in [-0.2, 0) is 0 Å². The van der Waals surface area contributed by atoms with Crippen LogP contribution in [0.5, 0.6) is 0 Å². The van der Waals surface area contributed by atoms with Crippen LogP contribution in [0.4, 0.5) is 4.39 Å². The van der Waals surface area contributed by atoms with E-state index in [1.54, 1.807) is 24.8 Å². The van der Waals surface area contributed by atoms with E-state index in [2.05, 4.69) is 19.9 Å². The van der Waals surface area contributed by atoms with Crippen LogP contribution in [0, 0.1) is 5.82 Å². The maximum absolute atomic E-state index is 13.6. The molecule has 0 aliphatic heterocycles. The molecular formula is C17H11FN4. The predicted octanol–water partition coefficient (Wildman–Crippen LogP) is 3.83. The molecule has 0 saturated heterocycles. The Bertz CT molecular complexity index is 947. The number of nitrogens with one attached hydrogen (secondary N) is 1. The smallest absolute Gasteiger partial charge is 0.178 e. The molecule has 4 aromatic rings. The molecule has 0 bridgehead atoms. The third-order valence-corrected chi connectivity index (χ3v) is 3.50. The number of hydrogen-bond acceptors (Lipinski definition) is 3. The van der Waals surface area contributed by atoms with Gasteiger partial charge in [0.05, 0.1) is 17.5 Å². The molecule has 0 saturated carbocycles. The van der Waals surface area contributed by atoms with Gasteiger partial charge >= 0.3 is 0 Å². The summed E-state index contributed by atoms with van der Waals surface area (Å²) in [5.74, 6) is -0.290. The average molecular weight is 290 g/mol. The van der Waals surface area contributed by atoms with Crippen molar-refractivity contribution in [1.29, 1.82) is 0 Å². The molecule has 0 radical (unpaired) electrons. The first kappa shape index (κ1) is 12.6. The van der Waals surface area contributed by atoms with Gasteiger partial charge in [0.1, 0.15) is 5.82 Å². The Balaban J connectivity index is 2.03. The summed E-state index contributed by atoms with van der Waals surface area (Å²) < 4.78 is 13.6. The van der Waals surface area contributed by atoms with Crippen LogP contribution < -0.4 is 0 Å². The first-order valence-electron chi connectivity index (χ1n) is 6.82. The zero-order valence-electron chi connectivity index (χ0n) is 11.5. The molecule has 0 amide bonds. The second-order valence-electron chi connectivity index (χ2n) is 4.90. The molecule has 0 fully saturated rings. The maximum Gasteiger partial charge on any atom is 0.178 e. The summed E-state index contributed by atoms with van der Waals surface area (Å²) in [6, 6.07) is 12.2. The van der Waals surface area contributed by atoms with Crippen molar-refractivity contribution in [2.24, 2.45) is 0 Å². The van der Waals surface area contributed by atoms with Gasteiger partial charge in [-0.3, -0.25) is 4.98 Å². The van der Waals surface area contributed by atoms with Crippen LogP contribution >= 0.6 is 0 Å². The van der Waals surface area contributed by atoms with Gasteiger partial charge in [0.2, 0.25) is 0 Å². The number of H-pyrrole nitrogens is 1. The lowest BCUT2D eigenvalue weighted by atomic mass is 10.00. The Morgan fingerprint density at radius 1 is 0.955 bits per heavy atom. The predicted molar refractivity (Wildman–Crippen MR) is 82.5 cm³/mol. The number of rotatable bonds is 2. The van der Waals surface area contributed by atoms with Gasteiger partial charge in [0, 0.05) is 23.5 Å². The Morgan fingerprint density at radius 2 is 1.82 bits per heavy atom. The summed E-state index contributed by atoms with van der Waals surface area (Å²) in [6.45, 7) is 0. The van der Waals surface area contributed by atoms with Crippen molar-refractivity contribution >= 4 is 11.2 Å². The highest BCUT2D eigenvalue weighted by Crippen LogP contribution is 2.32. The number of aromatic nitrogens is 4. The van der Waals surface area contributed by atoms with Crippen molar-refractivity contribution < 1.29 is 4.39 Å². The van der Waals surface area contributed by atoms with Gasteiger partial charge in [-0.25, -0.2) is 14.4 Å². The second kappa shape index (κ2) is 5.04. The van der Waals surface area contributed by atoms with Gasteiger partial charge in [0.25, 0.3) is 0 Å². The van der Waals surface area contributed by atoms with E-state index in [1.165, 1.54) is 12.1 Å². The van der Waals surface area contributed by atoms with Crippen molar-refractivity contribution in [3.63, 3.8) is 0 Å². The van der Waals surface area contributed by atoms with Crippen molar-refractivity contribution in [1.82, 2.24) is 19.9 Å². The van der Waals surface area contributed by atoms with Gasteiger partial charge in [0.15, 0.2) is 5.65 Å². The third kappa shape index (κ3) is 2.13. The van der Waals surface area contributed by atoms with Crippen molar-refractivity contribution in [2.75, 3.05) is 0 Å². The minimum Gasteiger partial charge on any atom is -0.343 e. The van der Waals surface area contributed by atoms with Gasteiger partial charge in [-0.15, -0.1) is 0 Å². The molecule has 106 valence electrons. The van der Waals surface area contributed by atoms with Crippen LogP contribution in [0.3, 0.4) is 0 Å². The number of imidazole rings is 1. The lowest BCUT2D eigenvalue weighted by Gasteiger charge is -2.09. The van der Waals surface area contributed by atoms with E-state index in [9.17, 15) is 4.39 Å². The number of fused-ring (bicyclic) bond motifs is 1. The second-order valence-corrected chi connectivity index (χ2v) is 4.90. The topological polar surface area (TPSA) is 54.5 Å². The molecule has 0 atom stereocenters. The third-order valence-electron chi connectivity index (χ3n) is 3.50. The molecule has 1 N–H and O–H groups in total. The van der Waals surface area contributed by atoms with Crippen LogP contribution in [0.25, 0.3) is 33.5 Å². The summed E-state index contributed by atoms with van der Waals surface area (Å²) in [4.78, 5) is 15.9. The quantitative estimate of drug-likeness (QED) is 0.610. The van der Waals surface area contributed by atoms with Crippen LogP contribution in [-0.4, -0.2) is 19.9 Å². The first-order valence-corrected chi connectivity index (χ1v) is 6.82. The first-order chi connectivity index (χ1) is 10.8. The van der Waals surface area contributed by atoms with E-state index in [0.717, 1.165) is 22.2 Å². The summed E-state index contributed by atoms with van der Waals surface area (Å²) in [5.41, 5.74) is 4.74. The minimum absolute atomic E-state index is 0.290. The fourth-order valence-corrected chi connectivity index (χ4v) is 2.48. The lowest BCUT2D eigenvalue weighted by Crippen LogP contribution is -1.92. The monoisotopic (exact) mass is 290 g/mol. The molecule has 0 spiro atoms. The van der Waals surface area contributed by atoms with Crippen LogP contribution in [0.15, 0.2) is 61.2 Å². The van der Waals surface area contributed by atoms with Crippen LogP contribution in [0.2, 0.25) is 0 Å². The Kier molecular flexibility index (Phi) is 2.89. The fraction of sp³-hybridized carbons (Fsp3) is 0. The normalized spacial score (nSPS) is 11.0. The molecule has 22 heavy (non-hydrogen) atoms. The van der Waals surface area contributed by atoms with E-state index < -0.39 is 0 Å². The van der Waals surface area contributed by atoms with Gasteiger partial charge in [-0.2, -0.15) is 0 Å². The molecule has 5 heteroatoms. The minimum atomic E-state index is -0.290. The van der Waals surface area contributed by atoms with Crippen molar-refractivity contribution in [2.45, 2.75) is 0 Å². The number of nitrogens with zero attached hydrogens (tertiary/aromatic N) is 3. The van der Waals surface area contributed by atoms with Crippen LogP contribution in [0.1, 0.15) is 0 Å². The molecule has 0 aliphatic carbocycles. The molecule has 0 unspecified atom stereocenters. The van der Waals surface area contributed by atoms with Gasteiger partial charge in [-0.05, 0) is 35.9 Å². The van der Waals surface area contributed by atoms with E-state index in [-0.39, 0.29) is 5.82 Å². The van der Waals surface area contributed by atoms with E-state index in [1.807, 2.05) is 24.3 Å². The number of benzene rings is 1. The largest absolute Gasteiger partial charge is 0.343 e. The number of pyridine rings is 2. The highest BCUT2D eigenvalue weighted by Gasteiger charge is 2.13. The molecule has 1 aromatic carbocycles. The number of aromatic amines is 1. The average Bonchev–Trinajstić information content (AvgIpc) is 3.02. The zero-order valence-corrected chi connectivity index (χ0v) is 11.5.